The molecule has 0 bridgehead atoms. The van der Waals surface area contributed by atoms with Crippen LogP contribution in [-0.4, -0.2) is 47.8 Å². The third kappa shape index (κ3) is 2.87. The highest BCUT2D eigenvalue weighted by atomic mass is 16.5. The van der Waals surface area contributed by atoms with Crippen molar-refractivity contribution in [3.63, 3.8) is 0 Å². The SMILES string of the molecule is O=C(C1CC1)N1CCN(C(=O)C2c3ccccc3Oc3ccccc32)CC1. The summed E-state index contributed by atoms with van der Waals surface area (Å²) in [5.41, 5.74) is 1.83. The van der Waals surface area contributed by atoms with Gasteiger partial charge in [-0.2, -0.15) is 0 Å². The Morgan fingerprint density at radius 1 is 0.741 bits per heavy atom. The van der Waals surface area contributed by atoms with Gasteiger partial charge in [-0.1, -0.05) is 36.4 Å². The molecule has 0 spiro atoms. The molecule has 3 aliphatic rings. The molecule has 27 heavy (non-hydrogen) atoms. The van der Waals surface area contributed by atoms with E-state index in [1.165, 1.54) is 0 Å². The third-order valence-electron chi connectivity index (χ3n) is 5.76. The van der Waals surface area contributed by atoms with E-state index in [1.54, 1.807) is 0 Å². The van der Waals surface area contributed by atoms with E-state index < -0.39 is 0 Å². The predicted molar refractivity (Wildman–Crippen MR) is 101 cm³/mol. The van der Waals surface area contributed by atoms with Gasteiger partial charge in [0.05, 0.1) is 5.92 Å². The zero-order valence-electron chi connectivity index (χ0n) is 15.1. The molecule has 5 nitrogen and oxygen atoms in total. The van der Waals surface area contributed by atoms with Crippen LogP contribution in [0.2, 0.25) is 0 Å². The van der Waals surface area contributed by atoms with Crippen molar-refractivity contribution in [2.75, 3.05) is 26.2 Å². The number of amides is 2. The Hall–Kier alpha value is -2.82. The number of piperazine rings is 1. The maximum Gasteiger partial charge on any atom is 0.234 e. The number of fused-ring (bicyclic) bond motifs is 2. The van der Waals surface area contributed by atoms with Crippen LogP contribution < -0.4 is 4.74 Å². The second-order valence-corrected chi connectivity index (χ2v) is 7.54. The van der Waals surface area contributed by atoms with Crippen LogP contribution in [0, 0.1) is 5.92 Å². The van der Waals surface area contributed by atoms with Crippen molar-refractivity contribution in [2.45, 2.75) is 18.8 Å². The summed E-state index contributed by atoms with van der Waals surface area (Å²) in [4.78, 5) is 29.6. The average molecular weight is 362 g/mol. The molecule has 2 amide bonds. The summed E-state index contributed by atoms with van der Waals surface area (Å²) >= 11 is 0. The van der Waals surface area contributed by atoms with Crippen LogP contribution >= 0.6 is 0 Å². The van der Waals surface area contributed by atoms with Gasteiger partial charge in [0.15, 0.2) is 0 Å². The number of ether oxygens (including phenoxy) is 1. The number of hydrogen-bond donors (Lipinski definition) is 0. The summed E-state index contributed by atoms with van der Waals surface area (Å²) in [6, 6.07) is 15.5. The van der Waals surface area contributed by atoms with E-state index in [0.717, 1.165) is 35.5 Å². The highest BCUT2D eigenvalue weighted by molar-refractivity contribution is 5.90. The van der Waals surface area contributed by atoms with Crippen molar-refractivity contribution in [3.8, 4) is 11.5 Å². The second-order valence-electron chi connectivity index (χ2n) is 7.54. The van der Waals surface area contributed by atoms with Gasteiger partial charge < -0.3 is 14.5 Å². The summed E-state index contributed by atoms with van der Waals surface area (Å²) in [6.45, 7) is 2.46. The van der Waals surface area contributed by atoms with Gasteiger partial charge in [0.25, 0.3) is 0 Å². The lowest BCUT2D eigenvalue weighted by Gasteiger charge is -2.38. The molecule has 0 unspecified atom stereocenters. The first-order valence-corrected chi connectivity index (χ1v) is 9.65. The number of rotatable bonds is 2. The van der Waals surface area contributed by atoms with Gasteiger partial charge >= 0.3 is 0 Å². The van der Waals surface area contributed by atoms with Gasteiger partial charge in [-0.05, 0) is 25.0 Å². The summed E-state index contributed by atoms with van der Waals surface area (Å²) in [6.07, 6.45) is 2.04. The molecule has 138 valence electrons. The highest BCUT2D eigenvalue weighted by Gasteiger charge is 2.38. The van der Waals surface area contributed by atoms with Crippen LogP contribution in [0.4, 0.5) is 0 Å². The fraction of sp³-hybridized carbons (Fsp3) is 0.364. The largest absolute Gasteiger partial charge is 0.457 e. The monoisotopic (exact) mass is 362 g/mol. The van der Waals surface area contributed by atoms with Gasteiger partial charge in [-0.25, -0.2) is 0 Å². The van der Waals surface area contributed by atoms with Crippen molar-refractivity contribution in [3.05, 3.63) is 59.7 Å². The van der Waals surface area contributed by atoms with Crippen LogP contribution in [0.3, 0.4) is 0 Å². The van der Waals surface area contributed by atoms with Gasteiger partial charge in [0.2, 0.25) is 11.8 Å². The molecular formula is C22H22N2O3. The Balaban J connectivity index is 1.40. The fourth-order valence-corrected chi connectivity index (χ4v) is 4.09. The number of nitrogens with zero attached hydrogens (tertiary/aromatic N) is 2. The maximum absolute atomic E-state index is 13.5. The van der Waals surface area contributed by atoms with Crippen molar-refractivity contribution >= 4 is 11.8 Å². The van der Waals surface area contributed by atoms with Crippen LogP contribution in [0.15, 0.2) is 48.5 Å². The molecule has 1 saturated carbocycles. The smallest absolute Gasteiger partial charge is 0.234 e. The molecule has 2 aliphatic heterocycles. The van der Waals surface area contributed by atoms with Crippen molar-refractivity contribution in [2.24, 2.45) is 5.92 Å². The average Bonchev–Trinajstić information content (AvgIpc) is 3.56. The minimum Gasteiger partial charge on any atom is -0.457 e. The first-order valence-electron chi connectivity index (χ1n) is 9.65. The van der Waals surface area contributed by atoms with Gasteiger partial charge in [0.1, 0.15) is 11.5 Å². The van der Waals surface area contributed by atoms with E-state index in [-0.39, 0.29) is 23.7 Å². The van der Waals surface area contributed by atoms with Crippen molar-refractivity contribution in [1.29, 1.82) is 0 Å². The first-order chi connectivity index (χ1) is 13.2. The number of hydrogen-bond acceptors (Lipinski definition) is 3. The summed E-state index contributed by atoms with van der Waals surface area (Å²) in [7, 11) is 0. The molecule has 2 heterocycles. The quantitative estimate of drug-likeness (QED) is 0.825. The van der Waals surface area contributed by atoms with Crippen LogP contribution in [0.25, 0.3) is 0 Å². The van der Waals surface area contributed by atoms with Gasteiger partial charge in [-0.15, -0.1) is 0 Å². The zero-order chi connectivity index (χ0) is 18.4. The number of para-hydroxylation sites is 2. The number of carbonyl (C=O) groups excluding carboxylic acids is 2. The van der Waals surface area contributed by atoms with E-state index in [4.69, 9.17) is 4.74 Å². The van der Waals surface area contributed by atoms with Gasteiger partial charge in [-0.3, -0.25) is 9.59 Å². The van der Waals surface area contributed by atoms with E-state index >= 15 is 0 Å². The minimum absolute atomic E-state index is 0.0942. The van der Waals surface area contributed by atoms with E-state index in [2.05, 4.69) is 0 Å². The van der Waals surface area contributed by atoms with E-state index in [1.807, 2.05) is 58.3 Å². The predicted octanol–water partition coefficient (Wildman–Crippen LogP) is 3.01. The minimum atomic E-state index is -0.350. The molecule has 0 N–H and O–H groups in total. The third-order valence-corrected chi connectivity index (χ3v) is 5.76. The second kappa shape index (κ2) is 6.41. The fourth-order valence-electron chi connectivity index (χ4n) is 4.09. The Morgan fingerprint density at radius 3 is 1.74 bits per heavy atom. The molecule has 2 aromatic rings. The van der Waals surface area contributed by atoms with E-state index in [9.17, 15) is 9.59 Å². The molecule has 5 heteroatoms. The molecule has 1 saturated heterocycles. The highest BCUT2D eigenvalue weighted by Crippen LogP contribution is 2.44. The molecule has 2 fully saturated rings. The summed E-state index contributed by atoms with van der Waals surface area (Å²) < 4.78 is 6.00. The molecule has 2 aromatic carbocycles. The molecule has 0 aromatic heterocycles. The lowest BCUT2D eigenvalue weighted by atomic mass is 9.86. The molecule has 1 aliphatic carbocycles. The van der Waals surface area contributed by atoms with Crippen molar-refractivity contribution in [1.82, 2.24) is 9.80 Å². The molecule has 0 atom stereocenters. The van der Waals surface area contributed by atoms with Crippen LogP contribution in [0.1, 0.15) is 29.9 Å². The molecular weight excluding hydrogens is 340 g/mol. The van der Waals surface area contributed by atoms with Crippen molar-refractivity contribution < 1.29 is 14.3 Å². The Morgan fingerprint density at radius 2 is 1.22 bits per heavy atom. The van der Waals surface area contributed by atoms with E-state index in [0.29, 0.717) is 26.2 Å². The lowest BCUT2D eigenvalue weighted by Crippen LogP contribution is -2.52. The zero-order valence-corrected chi connectivity index (χ0v) is 15.1. The lowest BCUT2D eigenvalue weighted by molar-refractivity contribution is -0.140. The first kappa shape index (κ1) is 16.4. The topological polar surface area (TPSA) is 49.9 Å². The Kier molecular flexibility index (Phi) is 3.88. The number of benzene rings is 2. The number of carbonyl (C=O) groups is 2. The molecule has 5 rings (SSSR count). The summed E-state index contributed by atoms with van der Waals surface area (Å²) in [5.74, 6) is 1.74. The Bertz CT molecular complexity index is 852. The maximum atomic E-state index is 13.5. The molecule has 0 radical (unpaired) electrons. The Labute approximate surface area is 158 Å². The van der Waals surface area contributed by atoms with Crippen LogP contribution in [0.5, 0.6) is 11.5 Å². The van der Waals surface area contributed by atoms with Crippen LogP contribution in [-0.2, 0) is 9.59 Å². The van der Waals surface area contributed by atoms with Gasteiger partial charge in [0, 0.05) is 43.2 Å². The standard InChI is InChI=1S/C22H22N2O3/c25-21(15-9-10-15)23-11-13-24(14-12-23)22(26)20-16-5-1-3-7-18(16)27-19-8-4-2-6-17(19)20/h1-8,15,20H,9-14H2. The summed E-state index contributed by atoms with van der Waals surface area (Å²) in [5, 5.41) is 0. The normalized spacial score (nSPS) is 19.1.